The van der Waals surface area contributed by atoms with E-state index in [1.807, 2.05) is 24.5 Å². The minimum atomic E-state index is -0.929. The second-order valence-electron chi connectivity index (χ2n) is 5.89. The van der Waals surface area contributed by atoms with Crippen LogP contribution in [0.4, 0.5) is 5.82 Å². The largest absolute Gasteiger partial charge is 0.480 e. The Kier molecular flexibility index (Phi) is 4.04. The van der Waals surface area contributed by atoms with Crippen molar-refractivity contribution in [1.82, 2.24) is 19.7 Å². The van der Waals surface area contributed by atoms with Crippen LogP contribution < -0.4 is 4.90 Å². The van der Waals surface area contributed by atoms with Crippen LogP contribution in [0.3, 0.4) is 0 Å². The first-order valence-corrected chi connectivity index (χ1v) is 9.20. The fourth-order valence-electron chi connectivity index (χ4n) is 3.14. The van der Waals surface area contributed by atoms with Gasteiger partial charge in [-0.15, -0.1) is 0 Å². The molecule has 8 heteroatoms. The summed E-state index contributed by atoms with van der Waals surface area (Å²) in [6.45, 7) is 1.36. The van der Waals surface area contributed by atoms with Crippen molar-refractivity contribution in [3.05, 3.63) is 41.6 Å². The van der Waals surface area contributed by atoms with E-state index in [9.17, 15) is 4.79 Å². The predicted octanol–water partition coefficient (Wildman–Crippen LogP) is 2.20. The summed E-state index contributed by atoms with van der Waals surface area (Å²) in [5.74, 6) is -0.0849. The van der Waals surface area contributed by atoms with Gasteiger partial charge in [0.05, 0.1) is 11.1 Å². The lowest BCUT2D eigenvalue weighted by atomic mass is 10.1. The van der Waals surface area contributed by atoms with Crippen LogP contribution in [0.2, 0.25) is 0 Å². The van der Waals surface area contributed by atoms with Gasteiger partial charge in [0.1, 0.15) is 12.4 Å². The molecule has 0 fully saturated rings. The smallest absolute Gasteiger partial charge is 0.325 e. The van der Waals surface area contributed by atoms with Gasteiger partial charge in [0.15, 0.2) is 10.8 Å². The molecule has 128 valence electrons. The first-order valence-electron chi connectivity index (χ1n) is 7.98. The third-order valence-electron chi connectivity index (χ3n) is 4.23. The van der Waals surface area contributed by atoms with Crippen LogP contribution in [0.15, 0.2) is 35.5 Å². The molecule has 25 heavy (non-hydrogen) atoms. The van der Waals surface area contributed by atoms with Gasteiger partial charge in [-0.1, -0.05) is 42.1 Å². The Morgan fingerprint density at radius 1 is 1.28 bits per heavy atom. The zero-order valence-corrected chi connectivity index (χ0v) is 14.5. The molecule has 0 spiro atoms. The average Bonchev–Trinajstić information content (AvgIpc) is 2.96. The standard InChI is InChI=1S/C17H17N5O2S/c1-25-17-18-15-14-12(20-22(10-13(23)24)16(14)19-17)7-8-21(15)9-11-5-3-2-4-6-11/h2-6H,7-10H2,1H3,(H,23,24). The van der Waals surface area contributed by atoms with Crippen molar-refractivity contribution in [2.24, 2.45) is 0 Å². The number of rotatable bonds is 5. The summed E-state index contributed by atoms with van der Waals surface area (Å²) in [5.41, 5.74) is 2.69. The van der Waals surface area contributed by atoms with E-state index >= 15 is 0 Å². The lowest BCUT2D eigenvalue weighted by Gasteiger charge is -2.27. The van der Waals surface area contributed by atoms with E-state index in [0.29, 0.717) is 10.8 Å². The van der Waals surface area contributed by atoms with Gasteiger partial charge in [0, 0.05) is 19.5 Å². The maximum atomic E-state index is 11.2. The molecule has 2 aromatic heterocycles. The van der Waals surface area contributed by atoms with Gasteiger partial charge in [-0.2, -0.15) is 5.10 Å². The predicted molar refractivity (Wildman–Crippen MR) is 95.9 cm³/mol. The van der Waals surface area contributed by atoms with E-state index in [4.69, 9.17) is 10.1 Å². The monoisotopic (exact) mass is 355 g/mol. The number of anilines is 1. The van der Waals surface area contributed by atoms with E-state index in [1.54, 1.807) is 0 Å². The first-order chi connectivity index (χ1) is 12.2. The van der Waals surface area contributed by atoms with Crippen LogP contribution in [-0.4, -0.2) is 43.6 Å². The number of carboxylic acids is 1. The highest BCUT2D eigenvalue weighted by molar-refractivity contribution is 7.98. The third-order valence-corrected chi connectivity index (χ3v) is 4.77. The Morgan fingerprint density at radius 2 is 2.08 bits per heavy atom. The normalized spacial score (nSPS) is 13.4. The summed E-state index contributed by atoms with van der Waals surface area (Å²) in [4.78, 5) is 22.6. The molecule has 3 aromatic rings. The molecule has 0 amide bonds. The molecule has 1 N–H and O–H groups in total. The number of thioether (sulfide) groups is 1. The fraction of sp³-hybridized carbons (Fsp3) is 0.294. The van der Waals surface area contributed by atoms with Crippen LogP contribution in [0.5, 0.6) is 0 Å². The quantitative estimate of drug-likeness (QED) is 0.555. The van der Waals surface area contributed by atoms with E-state index in [0.717, 1.165) is 36.4 Å². The van der Waals surface area contributed by atoms with Crippen LogP contribution in [0, 0.1) is 0 Å². The van der Waals surface area contributed by atoms with Gasteiger partial charge in [-0.05, 0) is 11.8 Å². The van der Waals surface area contributed by atoms with Gasteiger partial charge >= 0.3 is 5.97 Å². The molecule has 1 aromatic carbocycles. The van der Waals surface area contributed by atoms with Crippen molar-refractivity contribution in [1.29, 1.82) is 0 Å². The lowest BCUT2D eigenvalue weighted by Crippen LogP contribution is -2.29. The number of carbonyl (C=O) groups is 1. The molecule has 0 atom stereocenters. The van der Waals surface area contributed by atoms with Gasteiger partial charge in [-0.3, -0.25) is 4.79 Å². The average molecular weight is 355 g/mol. The van der Waals surface area contributed by atoms with Gasteiger partial charge in [0.25, 0.3) is 0 Å². The maximum Gasteiger partial charge on any atom is 0.325 e. The van der Waals surface area contributed by atoms with Crippen LogP contribution >= 0.6 is 11.8 Å². The molecular formula is C17H17N5O2S. The second-order valence-corrected chi connectivity index (χ2v) is 6.66. The van der Waals surface area contributed by atoms with Crippen LogP contribution in [-0.2, 0) is 24.3 Å². The summed E-state index contributed by atoms with van der Waals surface area (Å²) in [6, 6.07) is 10.2. The van der Waals surface area contributed by atoms with Crippen molar-refractivity contribution < 1.29 is 9.90 Å². The molecule has 4 rings (SSSR count). The number of aromatic nitrogens is 4. The molecular weight excluding hydrogens is 338 g/mol. The number of aliphatic carboxylic acids is 1. The molecule has 0 saturated carbocycles. The number of benzene rings is 1. The summed E-state index contributed by atoms with van der Waals surface area (Å²) >= 11 is 1.45. The van der Waals surface area contributed by atoms with E-state index in [-0.39, 0.29) is 6.54 Å². The number of hydrogen-bond donors (Lipinski definition) is 1. The van der Waals surface area contributed by atoms with Crippen molar-refractivity contribution in [3.63, 3.8) is 0 Å². The minimum absolute atomic E-state index is 0.195. The lowest BCUT2D eigenvalue weighted by molar-refractivity contribution is -0.137. The van der Waals surface area contributed by atoms with Crippen molar-refractivity contribution in [3.8, 4) is 0 Å². The highest BCUT2D eigenvalue weighted by atomic mass is 32.2. The van der Waals surface area contributed by atoms with Crippen LogP contribution in [0.25, 0.3) is 11.0 Å². The Hall–Kier alpha value is -2.61. The molecule has 3 heterocycles. The summed E-state index contributed by atoms with van der Waals surface area (Å²) in [5, 5.41) is 15.1. The molecule has 0 radical (unpaired) electrons. The molecule has 0 unspecified atom stereocenters. The molecule has 1 aliphatic heterocycles. The molecule has 0 saturated heterocycles. The Bertz CT molecular complexity index is 941. The maximum absolute atomic E-state index is 11.2. The fourth-order valence-corrected chi connectivity index (χ4v) is 3.50. The molecule has 7 nitrogen and oxygen atoms in total. The van der Waals surface area contributed by atoms with E-state index in [1.165, 1.54) is 22.0 Å². The van der Waals surface area contributed by atoms with Gasteiger partial charge in [-0.25, -0.2) is 14.6 Å². The number of hydrogen-bond acceptors (Lipinski definition) is 6. The van der Waals surface area contributed by atoms with E-state index in [2.05, 4.69) is 27.1 Å². The second kappa shape index (κ2) is 6.36. The summed E-state index contributed by atoms with van der Waals surface area (Å²) < 4.78 is 1.48. The summed E-state index contributed by atoms with van der Waals surface area (Å²) in [6.07, 6.45) is 2.67. The topological polar surface area (TPSA) is 84.1 Å². The summed E-state index contributed by atoms with van der Waals surface area (Å²) in [7, 11) is 0. The highest BCUT2D eigenvalue weighted by Gasteiger charge is 2.27. The molecule has 1 aliphatic rings. The van der Waals surface area contributed by atoms with Crippen LogP contribution in [0.1, 0.15) is 11.3 Å². The van der Waals surface area contributed by atoms with E-state index < -0.39 is 5.97 Å². The van der Waals surface area contributed by atoms with Crippen molar-refractivity contribution in [2.75, 3.05) is 17.7 Å². The Morgan fingerprint density at radius 3 is 2.80 bits per heavy atom. The molecule has 0 aliphatic carbocycles. The van der Waals surface area contributed by atoms with Crippen molar-refractivity contribution in [2.45, 2.75) is 24.7 Å². The first kappa shape index (κ1) is 15.9. The SMILES string of the molecule is CSc1nc2c3c(nn(CC(=O)O)c3n1)CCN2Cc1ccccc1. The third kappa shape index (κ3) is 2.93. The van der Waals surface area contributed by atoms with Gasteiger partial charge < -0.3 is 10.0 Å². The number of nitrogens with zero attached hydrogens (tertiary/aromatic N) is 5. The molecule has 0 bridgehead atoms. The number of carboxylic acid groups (broad SMARTS) is 1. The highest BCUT2D eigenvalue weighted by Crippen LogP contribution is 2.34. The Balaban J connectivity index is 1.82. The zero-order valence-electron chi connectivity index (χ0n) is 13.7. The zero-order chi connectivity index (χ0) is 17.4. The van der Waals surface area contributed by atoms with Gasteiger partial charge in [0.2, 0.25) is 0 Å². The minimum Gasteiger partial charge on any atom is -0.480 e. The Labute approximate surface area is 148 Å². The van der Waals surface area contributed by atoms with Crippen molar-refractivity contribution >= 4 is 34.6 Å².